The number of aromatic nitrogens is 7. The Kier molecular flexibility index (Phi) is 27.3. The zero-order chi connectivity index (χ0) is 86.9. The lowest BCUT2D eigenvalue weighted by Gasteiger charge is -2.10. The van der Waals surface area contributed by atoms with Crippen LogP contribution in [-0.2, 0) is 49.3 Å². The Hall–Kier alpha value is -11.4. The number of nitrogens with zero attached hydrogens (tertiary/aromatic N) is 7. The fraction of sp³-hybridized carbons (Fsp3) is 0.267. The van der Waals surface area contributed by atoms with Crippen molar-refractivity contribution < 1.29 is 40.2 Å². The predicted octanol–water partition coefficient (Wildman–Crippen LogP) is 21.7. The summed E-state index contributed by atoms with van der Waals surface area (Å²) in [4.78, 5) is 0. The molecule has 112 heavy (non-hydrogen) atoms. The minimum atomic E-state index is -2.05. The lowest BCUT2D eigenvalue weighted by Crippen LogP contribution is -2.30. The monoisotopic (exact) mass is 1490 g/mol. The summed E-state index contributed by atoms with van der Waals surface area (Å²) >= 11 is 0. The minimum Gasteiger partial charge on any atom is -0.201 e. The third kappa shape index (κ3) is 21.4. The molecular formula is C105H126N7+7. The van der Waals surface area contributed by atoms with Crippen molar-refractivity contribution in [2.45, 2.75) is 145 Å². The molecule has 0 unspecified atom stereocenters. The van der Waals surface area contributed by atoms with Gasteiger partial charge in [-0.15, -0.1) is 0 Å². The van der Waals surface area contributed by atoms with E-state index in [9.17, 15) is 0 Å². The van der Waals surface area contributed by atoms with Gasteiger partial charge in [0.25, 0.3) is 0 Å². The Balaban J connectivity index is 0.000000172. The summed E-state index contributed by atoms with van der Waals surface area (Å²) in [5, 5.41) is 0. The molecule has 0 atom stereocenters. The first-order chi connectivity index (χ1) is 55.6. The van der Waals surface area contributed by atoms with Crippen molar-refractivity contribution >= 4 is 0 Å². The second-order valence-electron chi connectivity index (χ2n) is 30.4. The molecule has 0 saturated heterocycles. The van der Waals surface area contributed by atoms with Gasteiger partial charge in [0, 0.05) is 98.7 Å². The van der Waals surface area contributed by atoms with Crippen LogP contribution in [0.5, 0.6) is 0 Å². The van der Waals surface area contributed by atoms with E-state index in [0.29, 0.717) is 11.1 Å². The highest BCUT2D eigenvalue weighted by atomic mass is 14.9. The zero-order valence-corrected chi connectivity index (χ0v) is 71.9. The van der Waals surface area contributed by atoms with E-state index in [2.05, 4.69) is 345 Å². The van der Waals surface area contributed by atoms with E-state index in [4.69, 9.17) is 8.22 Å². The van der Waals surface area contributed by atoms with Gasteiger partial charge >= 0.3 is 0 Å². The Bertz CT molecular complexity index is 5440. The molecular weight excluding hydrogens is 1360 g/mol. The summed E-state index contributed by atoms with van der Waals surface area (Å²) in [5.74, 6) is 0. The molecule has 0 N–H and O–H groups in total. The van der Waals surface area contributed by atoms with Gasteiger partial charge in [-0.1, -0.05) is 90.0 Å². The van der Waals surface area contributed by atoms with Gasteiger partial charge in [-0.2, -0.15) is 0 Å². The summed E-state index contributed by atoms with van der Waals surface area (Å²) in [5.41, 5.74) is 42.5. The summed E-state index contributed by atoms with van der Waals surface area (Å²) in [6.45, 7) is 36.3. The van der Waals surface area contributed by atoms with Crippen LogP contribution in [0.15, 0.2) is 256 Å². The van der Waals surface area contributed by atoms with E-state index in [1.54, 1.807) is 18.2 Å². The SMILES string of the molecule is Cc1cc(C)c(-c2cccc[n+]2C)c(C)c1.Cc1ccc(C)c(-c2cccc[n+]2C)c1C.Cc1ccc(C)c(-c2cccc[n+]2C)c1C.Cc1ccc(C)c(-c2cccc[n+]2C)c1C.Cc1ccc(C)c(-c2cccc[n+]2C)c1C.[2H]C([2H])([2H])c1cc(C)c(-c2cccc[n+]2C)c(C)c1.[2H]C([2H])([2H])c1cc(C)c(-c2cccc[n+]2C)cc1C. The molecule has 0 aliphatic rings. The van der Waals surface area contributed by atoms with Crippen molar-refractivity contribution in [3.63, 3.8) is 0 Å². The number of pyridine rings is 7. The van der Waals surface area contributed by atoms with Crippen molar-refractivity contribution in [1.82, 2.24) is 0 Å². The first-order valence-corrected chi connectivity index (χ1v) is 38.9. The quantitative estimate of drug-likeness (QED) is 0.142. The molecule has 0 spiro atoms. The molecule has 7 nitrogen and oxygen atoms in total. The molecule has 0 aliphatic carbocycles. The topological polar surface area (TPSA) is 27.2 Å². The fourth-order valence-electron chi connectivity index (χ4n) is 14.9. The van der Waals surface area contributed by atoms with E-state index in [1.807, 2.05) is 106 Å². The van der Waals surface area contributed by atoms with Crippen LogP contribution >= 0.6 is 0 Å². The first-order valence-electron chi connectivity index (χ1n) is 41.9. The van der Waals surface area contributed by atoms with Gasteiger partial charge in [-0.05, 0) is 299 Å². The van der Waals surface area contributed by atoms with E-state index in [-0.39, 0.29) is 0 Å². The van der Waals surface area contributed by atoms with E-state index in [0.717, 1.165) is 44.8 Å². The normalized spacial score (nSPS) is 11.5. The van der Waals surface area contributed by atoms with E-state index in [1.165, 1.54) is 140 Å². The van der Waals surface area contributed by atoms with Crippen molar-refractivity contribution in [3.05, 3.63) is 373 Å². The number of hydrogen-bond acceptors (Lipinski definition) is 0. The molecule has 0 aliphatic heterocycles. The summed E-state index contributed by atoms with van der Waals surface area (Å²) in [6.07, 6.45) is 14.4. The summed E-state index contributed by atoms with van der Waals surface area (Å²) in [7, 11) is 14.4. The third-order valence-electron chi connectivity index (χ3n) is 21.8. The van der Waals surface area contributed by atoms with Crippen LogP contribution in [0.1, 0.15) is 125 Å². The van der Waals surface area contributed by atoms with Gasteiger partial charge in [-0.3, -0.25) is 0 Å². The highest BCUT2D eigenvalue weighted by Gasteiger charge is 2.21. The highest BCUT2D eigenvalue weighted by molar-refractivity contribution is 5.71. The van der Waals surface area contributed by atoms with Crippen LogP contribution < -0.4 is 32.0 Å². The molecule has 7 aromatic carbocycles. The average molecular weight is 1490 g/mol. The van der Waals surface area contributed by atoms with Crippen LogP contribution in [0.4, 0.5) is 0 Å². The maximum absolute atomic E-state index is 7.56. The predicted molar refractivity (Wildman–Crippen MR) is 471 cm³/mol. The number of hydrogen-bond donors (Lipinski definition) is 0. The Morgan fingerprint density at radius 1 is 0.179 bits per heavy atom. The highest BCUT2D eigenvalue weighted by Crippen LogP contribution is 2.33. The van der Waals surface area contributed by atoms with Crippen molar-refractivity contribution in [2.24, 2.45) is 49.3 Å². The molecule has 7 aromatic heterocycles. The molecule has 0 amide bonds. The molecule has 7 heteroatoms. The molecule has 14 rings (SSSR count). The maximum atomic E-state index is 7.56. The Morgan fingerprint density at radius 3 is 0.634 bits per heavy atom. The van der Waals surface area contributed by atoms with E-state index < -0.39 is 13.7 Å². The molecule has 0 saturated carbocycles. The molecule has 7 heterocycles. The molecule has 0 fully saturated rings. The molecule has 0 bridgehead atoms. The van der Waals surface area contributed by atoms with Crippen molar-refractivity contribution in [2.75, 3.05) is 0 Å². The number of benzene rings is 7. The van der Waals surface area contributed by atoms with E-state index >= 15 is 0 Å². The minimum absolute atomic E-state index is 0.407. The molecule has 14 aromatic rings. The van der Waals surface area contributed by atoms with Crippen LogP contribution in [0.2, 0.25) is 0 Å². The van der Waals surface area contributed by atoms with Gasteiger partial charge in [-0.25, -0.2) is 32.0 Å². The number of rotatable bonds is 7. The average Bonchev–Trinajstić information content (AvgIpc) is 0.930. The van der Waals surface area contributed by atoms with Crippen LogP contribution in [0, 0.1) is 145 Å². The fourth-order valence-corrected chi connectivity index (χ4v) is 14.9. The third-order valence-corrected chi connectivity index (χ3v) is 21.8. The van der Waals surface area contributed by atoms with Gasteiger partial charge < -0.3 is 0 Å². The second-order valence-corrected chi connectivity index (χ2v) is 30.4. The molecule has 574 valence electrons. The number of aryl methyl sites for hydroxylation is 24. The van der Waals surface area contributed by atoms with Crippen molar-refractivity contribution in [1.29, 1.82) is 0 Å². The largest absolute Gasteiger partial charge is 0.212 e. The van der Waals surface area contributed by atoms with Gasteiger partial charge in [0.15, 0.2) is 43.4 Å². The first kappa shape index (κ1) is 77.3. The maximum Gasteiger partial charge on any atom is 0.212 e. The second kappa shape index (κ2) is 39.5. The standard InChI is InChI=1S/7C15H18N/c4*1-11-8-9-12(2)15(13(11)3)14-7-5-6-10-16(14)4;1-11-9-13(3)14(10-12(11)2)15-7-5-6-8-16(15)4;2*1-11-9-12(2)15(13(3)10-11)14-7-5-6-8-16(14)4/h7*5-10H,1-4H3/q7*+1/i;;;;2*1D3;. The zero-order valence-electron chi connectivity index (χ0n) is 77.9. The van der Waals surface area contributed by atoms with Crippen LogP contribution in [-0.4, -0.2) is 0 Å². The Labute approximate surface area is 682 Å². The lowest BCUT2D eigenvalue weighted by molar-refractivity contribution is -0.660. The van der Waals surface area contributed by atoms with Crippen LogP contribution in [0.25, 0.3) is 78.8 Å². The van der Waals surface area contributed by atoms with Gasteiger partial charge in [0.1, 0.15) is 49.3 Å². The van der Waals surface area contributed by atoms with Crippen LogP contribution in [0.3, 0.4) is 0 Å². The summed E-state index contributed by atoms with van der Waals surface area (Å²) in [6, 6.07) is 73.0. The van der Waals surface area contributed by atoms with Gasteiger partial charge in [0.2, 0.25) is 39.9 Å². The molecule has 0 radical (unpaired) electrons. The smallest absolute Gasteiger partial charge is 0.201 e. The van der Waals surface area contributed by atoms with Gasteiger partial charge in [0.05, 0.1) is 33.4 Å². The van der Waals surface area contributed by atoms with Crippen molar-refractivity contribution in [3.8, 4) is 78.8 Å². The summed E-state index contributed by atoms with van der Waals surface area (Å²) < 4.78 is 60.2. The Morgan fingerprint density at radius 2 is 0.402 bits per heavy atom. The lowest BCUT2D eigenvalue weighted by atomic mass is 9.95.